The standard InChI is InChI=1S/C19H22N2O2S/c1-3-21(16-6-4-5-14(2)11-16)19(22)15-7-9-20-18(12-15)23-17-8-10-24-13-17/h4-7,9,11-12,17H,3,8,10,13H2,1-2H3. The summed E-state index contributed by atoms with van der Waals surface area (Å²) in [6, 6.07) is 11.5. The number of aromatic nitrogens is 1. The smallest absolute Gasteiger partial charge is 0.258 e. The number of nitrogens with zero attached hydrogens (tertiary/aromatic N) is 2. The van der Waals surface area contributed by atoms with Crippen molar-refractivity contribution in [2.45, 2.75) is 26.4 Å². The van der Waals surface area contributed by atoms with Crippen molar-refractivity contribution in [1.29, 1.82) is 0 Å². The Bertz CT molecular complexity index is 714. The van der Waals surface area contributed by atoms with Gasteiger partial charge in [-0.2, -0.15) is 11.8 Å². The summed E-state index contributed by atoms with van der Waals surface area (Å²) in [6.07, 6.45) is 2.89. The second-order valence-corrected chi connectivity index (χ2v) is 7.02. The number of carbonyl (C=O) groups excluding carboxylic acids is 1. The van der Waals surface area contributed by atoms with Gasteiger partial charge in [0.25, 0.3) is 5.91 Å². The lowest BCUT2D eigenvalue weighted by atomic mass is 10.1. The Balaban J connectivity index is 1.80. The van der Waals surface area contributed by atoms with E-state index in [2.05, 4.69) is 4.98 Å². The third kappa shape index (κ3) is 3.90. The second kappa shape index (κ2) is 7.71. The zero-order valence-corrected chi connectivity index (χ0v) is 14.9. The molecule has 3 rings (SSSR count). The van der Waals surface area contributed by atoms with Crippen molar-refractivity contribution in [2.75, 3.05) is 23.0 Å². The molecule has 0 saturated carbocycles. The highest BCUT2D eigenvalue weighted by Crippen LogP contribution is 2.24. The molecule has 0 aliphatic carbocycles. The molecule has 1 aliphatic rings. The van der Waals surface area contributed by atoms with Crippen LogP contribution in [-0.2, 0) is 0 Å². The van der Waals surface area contributed by atoms with Crippen LogP contribution in [0.2, 0.25) is 0 Å². The molecule has 1 fully saturated rings. The van der Waals surface area contributed by atoms with Crippen molar-refractivity contribution < 1.29 is 9.53 Å². The molecule has 0 bridgehead atoms. The molecular weight excluding hydrogens is 320 g/mol. The number of hydrogen-bond acceptors (Lipinski definition) is 4. The maximum absolute atomic E-state index is 12.9. The minimum atomic E-state index is -0.0313. The van der Waals surface area contributed by atoms with Crippen LogP contribution in [0, 0.1) is 6.92 Å². The number of hydrogen-bond donors (Lipinski definition) is 0. The van der Waals surface area contributed by atoms with Gasteiger partial charge in [-0.15, -0.1) is 0 Å². The van der Waals surface area contributed by atoms with Crippen LogP contribution in [0.15, 0.2) is 42.6 Å². The first kappa shape index (κ1) is 16.8. The first-order valence-corrected chi connectivity index (χ1v) is 9.42. The fourth-order valence-electron chi connectivity index (χ4n) is 2.78. The Kier molecular flexibility index (Phi) is 5.41. The van der Waals surface area contributed by atoms with Crippen molar-refractivity contribution in [3.8, 4) is 5.88 Å². The maximum atomic E-state index is 12.9. The molecule has 1 aromatic carbocycles. The van der Waals surface area contributed by atoms with Gasteiger partial charge >= 0.3 is 0 Å². The third-order valence-electron chi connectivity index (χ3n) is 4.03. The Morgan fingerprint density at radius 2 is 2.25 bits per heavy atom. The highest BCUT2D eigenvalue weighted by Gasteiger charge is 2.20. The Morgan fingerprint density at radius 1 is 1.38 bits per heavy atom. The lowest BCUT2D eigenvalue weighted by Crippen LogP contribution is -2.30. The minimum absolute atomic E-state index is 0.0313. The van der Waals surface area contributed by atoms with E-state index in [9.17, 15) is 4.79 Å². The van der Waals surface area contributed by atoms with Gasteiger partial charge in [-0.3, -0.25) is 4.79 Å². The van der Waals surface area contributed by atoms with Gasteiger partial charge in [0.2, 0.25) is 5.88 Å². The molecule has 0 radical (unpaired) electrons. The summed E-state index contributed by atoms with van der Waals surface area (Å²) in [5.41, 5.74) is 2.65. The molecule has 0 N–H and O–H groups in total. The molecule has 1 unspecified atom stereocenters. The zero-order chi connectivity index (χ0) is 16.9. The number of amides is 1. The quantitative estimate of drug-likeness (QED) is 0.825. The molecule has 0 spiro atoms. The van der Waals surface area contributed by atoms with Gasteiger partial charge in [-0.05, 0) is 49.8 Å². The number of benzene rings is 1. The van der Waals surface area contributed by atoms with Crippen LogP contribution in [0.4, 0.5) is 5.69 Å². The number of pyridine rings is 1. The van der Waals surface area contributed by atoms with Crippen LogP contribution in [0.5, 0.6) is 5.88 Å². The van der Waals surface area contributed by atoms with Crippen LogP contribution in [-0.4, -0.2) is 35.0 Å². The van der Waals surface area contributed by atoms with Crippen molar-refractivity contribution in [2.24, 2.45) is 0 Å². The third-order valence-corrected chi connectivity index (χ3v) is 5.16. The Hall–Kier alpha value is -2.01. The Morgan fingerprint density at radius 3 is 2.96 bits per heavy atom. The lowest BCUT2D eigenvalue weighted by Gasteiger charge is -2.22. The van der Waals surface area contributed by atoms with Crippen LogP contribution < -0.4 is 9.64 Å². The number of ether oxygens (including phenoxy) is 1. The molecule has 1 saturated heterocycles. The number of rotatable bonds is 5. The molecular formula is C19H22N2O2S. The van der Waals surface area contributed by atoms with Gasteiger partial charge in [-0.25, -0.2) is 4.98 Å². The van der Waals surface area contributed by atoms with Crippen LogP contribution in [0.25, 0.3) is 0 Å². The van der Waals surface area contributed by atoms with E-state index in [0.717, 1.165) is 29.2 Å². The molecule has 5 heteroatoms. The zero-order valence-electron chi connectivity index (χ0n) is 14.1. The van der Waals surface area contributed by atoms with Gasteiger partial charge in [0, 0.05) is 35.8 Å². The van der Waals surface area contributed by atoms with Crippen molar-refractivity contribution >= 4 is 23.4 Å². The number of thioether (sulfide) groups is 1. The van der Waals surface area contributed by atoms with E-state index < -0.39 is 0 Å². The first-order chi connectivity index (χ1) is 11.7. The van der Waals surface area contributed by atoms with Crippen LogP contribution >= 0.6 is 11.8 Å². The van der Waals surface area contributed by atoms with Crippen molar-refractivity contribution in [3.05, 3.63) is 53.7 Å². The van der Waals surface area contributed by atoms with Gasteiger partial charge < -0.3 is 9.64 Å². The normalized spacial score (nSPS) is 16.8. The molecule has 4 nitrogen and oxygen atoms in total. The molecule has 2 aromatic rings. The van der Waals surface area contributed by atoms with E-state index >= 15 is 0 Å². The molecule has 1 amide bonds. The summed E-state index contributed by atoms with van der Waals surface area (Å²) < 4.78 is 5.90. The van der Waals surface area contributed by atoms with Crippen LogP contribution in [0.1, 0.15) is 29.3 Å². The summed E-state index contributed by atoms with van der Waals surface area (Å²) in [5.74, 6) is 2.62. The van der Waals surface area contributed by atoms with E-state index in [1.54, 1.807) is 23.2 Å². The minimum Gasteiger partial charge on any atom is -0.473 e. The van der Waals surface area contributed by atoms with Gasteiger partial charge in [0.1, 0.15) is 6.10 Å². The second-order valence-electron chi connectivity index (χ2n) is 5.87. The highest BCUT2D eigenvalue weighted by atomic mass is 32.2. The number of carbonyl (C=O) groups is 1. The molecule has 1 atom stereocenters. The van der Waals surface area contributed by atoms with Gasteiger partial charge in [0.15, 0.2) is 0 Å². The van der Waals surface area contributed by atoms with E-state index in [-0.39, 0.29) is 12.0 Å². The van der Waals surface area contributed by atoms with Crippen molar-refractivity contribution in [1.82, 2.24) is 4.98 Å². The van der Waals surface area contributed by atoms with E-state index in [1.165, 1.54) is 0 Å². The molecule has 126 valence electrons. The largest absolute Gasteiger partial charge is 0.473 e. The van der Waals surface area contributed by atoms with E-state index in [0.29, 0.717) is 18.0 Å². The van der Waals surface area contributed by atoms with Crippen molar-refractivity contribution in [3.63, 3.8) is 0 Å². The average Bonchev–Trinajstić information content (AvgIpc) is 3.09. The monoisotopic (exact) mass is 342 g/mol. The topological polar surface area (TPSA) is 42.4 Å². The lowest BCUT2D eigenvalue weighted by molar-refractivity contribution is 0.0987. The average molecular weight is 342 g/mol. The van der Waals surface area contributed by atoms with Gasteiger partial charge in [0.05, 0.1) is 0 Å². The SMILES string of the molecule is CCN(C(=O)c1ccnc(OC2CCSC2)c1)c1cccc(C)c1. The number of aryl methyl sites for hydroxylation is 1. The highest BCUT2D eigenvalue weighted by molar-refractivity contribution is 7.99. The Labute approximate surface area is 147 Å². The summed E-state index contributed by atoms with van der Waals surface area (Å²) in [7, 11) is 0. The summed E-state index contributed by atoms with van der Waals surface area (Å²) >= 11 is 1.89. The molecule has 24 heavy (non-hydrogen) atoms. The van der Waals surface area contributed by atoms with E-state index in [1.807, 2.05) is 49.9 Å². The van der Waals surface area contributed by atoms with Crippen LogP contribution in [0.3, 0.4) is 0 Å². The maximum Gasteiger partial charge on any atom is 0.258 e. The predicted octanol–water partition coefficient (Wildman–Crippen LogP) is 3.94. The molecule has 2 heterocycles. The fourth-order valence-corrected chi connectivity index (χ4v) is 3.87. The predicted molar refractivity (Wildman–Crippen MR) is 99.1 cm³/mol. The summed E-state index contributed by atoms with van der Waals surface area (Å²) in [5, 5.41) is 0. The number of anilines is 1. The first-order valence-electron chi connectivity index (χ1n) is 8.26. The fraction of sp³-hybridized carbons (Fsp3) is 0.368. The molecule has 1 aromatic heterocycles. The molecule has 1 aliphatic heterocycles. The van der Waals surface area contributed by atoms with E-state index in [4.69, 9.17) is 4.74 Å². The summed E-state index contributed by atoms with van der Waals surface area (Å²) in [4.78, 5) is 18.9. The summed E-state index contributed by atoms with van der Waals surface area (Å²) in [6.45, 7) is 4.62. The van der Waals surface area contributed by atoms with Gasteiger partial charge in [-0.1, -0.05) is 12.1 Å².